The van der Waals surface area contributed by atoms with Crippen LogP contribution in [0.15, 0.2) is 48.5 Å². The van der Waals surface area contributed by atoms with Gasteiger partial charge in [-0.25, -0.2) is 9.48 Å². The molecule has 0 aliphatic heterocycles. The standard InChI is InChI=1S/C21H14Cl3N3O3S/c1-11-14-9-17(31-20(14)27(26-11)13-7-5-12(22)6-8-13)21(29)30-10-18(28)25-16-4-2-3-15(23)19(16)24/h2-9H,10H2,1H3,(H,25,28). The molecule has 0 saturated carbocycles. The Balaban J connectivity index is 1.48. The normalized spacial score (nSPS) is 11.0. The van der Waals surface area contributed by atoms with Crippen molar-refractivity contribution in [3.8, 4) is 5.69 Å². The Labute approximate surface area is 196 Å². The number of nitrogens with one attached hydrogen (secondary N) is 1. The predicted molar refractivity (Wildman–Crippen MR) is 124 cm³/mol. The van der Waals surface area contributed by atoms with Crippen LogP contribution in [0.3, 0.4) is 0 Å². The highest BCUT2D eigenvalue weighted by atomic mass is 35.5. The summed E-state index contributed by atoms with van der Waals surface area (Å²) >= 11 is 19.2. The molecule has 6 nitrogen and oxygen atoms in total. The number of nitrogens with zero attached hydrogens (tertiary/aromatic N) is 2. The molecule has 2 aromatic heterocycles. The molecule has 0 bridgehead atoms. The van der Waals surface area contributed by atoms with Gasteiger partial charge in [-0.05, 0) is 49.4 Å². The number of aromatic nitrogens is 2. The number of benzene rings is 2. The topological polar surface area (TPSA) is 73.2 Å². The number of thiophene rings is 1. The van der Waals surface area contributed by atoms with Crippen LogP contribution < -0.4 is 5.32 Å². The molecule has 1 N–H and O–H groups in total. The van der Waals surface area contributed by atoms with Crippen LogP contribution in [0.2, 0.25) is 15.1 Å². The smallest absolute Gasteiger partial charge is 0.348 e. The van der Waals surface area contributed by atoms with E-state index in [0.717, 1.165) is 21.6 Å². The van der Waals surface area contributed by atoms with E-state index in [1.165, 1.54) is 11.3 Å². The highest BCUT2D eigenvalue weighted by Gasteiger charge is 2.19. The number of hydrogen-bond acceptors (Lipinski definition) is 5. The van der Waals surface area contributed by atoms with Crippen LogP contribution >= 0.6 is 46.1 Å². The molecule has 0 unspecified atom stereocenters. The van der Waals surface area contributed by atoms with Crippen molar-refractivity contribution in [1.29, 1.82) is 0 Å². The lowest BCUT2D eigenvalue weighted by Gasteiger charge is -2.08. The number of aryl methyl sites for hydroxylation is 1. The van der Waals surface area contributed by atoms with Crippen LogP contribution in [0, 0.1) is 6.92 Å². The fourth-order valence-corrected chi connectivity index (χ4v) is 4.44. The molecule has 4 aromatic rings. The summed E-state index contributed by atoms with van der Waals surface area (Å²) in [7, 11) is 0. The summed E-state index contributed by atoms with van der Waals surface area (Å²) in [5.74, 6) is -1.13. The summed E-state index contributed by atoms with van der Waals surface area (Å²) in [5.41, 5.74) is 1.94. The van der Waals surface area contributed by atoms with Crippen molar-refractivity contribution < 1.29 is 14.3 Å². The summed E-state index contributed by atoms with van der Waals surface area (Å²) in [6.07, 6.45) is 0. The summed E-state index contributed by atoms with van der Waals surface area (Å²) < 4.78 is 6.91. The SMILES string of the molecule is Cc1nn(-c2ccc(Cl)cc2)c2sc(C(=O)OCC(=O)Nc3cccc(Cl)c3Cl)cc12. The van der Waals surface area contributed by atoms with Gasteiger partial charge >= 0.3 is 5.97 Å². The summed E-state index contributed by atoms with van der Waals surface area (Å²) in [6.45, 7) is 1.40. The van der Waals surface area contributed by atoms with Gasteiger partial charge in [0.1, 0.15) is 9.71 Å². The number of anilines is 1. The number of amides is 1. The van der Waals surface area contributed by atoms with Crippen LogP contribution in [-0.4, -0.2) is 28.3 Å². The first-order valence-corrected chi connectivity index (χ1v) is 10.9. The number of rotatable bonds is 5. The Morgan fingerprint density at radius 2 is 1.87 bits per heavy atom. The van der Waals surface area contributed by atoms with Crippen LogP contribution in [0.1, 0.15) is 15.4 Å². The monoisotopic (exact) mass is 493 g/mol. The van der Waals surface area contributed by atoms with Crippen LogP contribution in [0.5, 0.6) is 0 Å². The largest absolute Gasteiger partial charge is 0.451 e. The van der Waals surface area contributed by atoms with Gasteiger partial charge in [0.25, 0.3) is 5.91 Å². The minimum absolute atomic E-state index is 0.218. The van der Waals surface area contributed by atoms with Gasteiger partial charge in [0, 0.05) is 10.4 Å². The molecule has 158 valence electrons. The van der Waals surface area contributed by atoms with Gasteiger partial charge < -0.3 is 10.1 Å². The number of hydrogen-bond donors (Lipinski definition) is 1. The third kappa shape index (κ3) is 4.55. The van der Waals surface area contributed by atoms with E-state index in [2.05, 4.69) is 10.4 Å². The molecular weight excluding hydrogens is 481 g/mol. The highest BCUT2D eigenvalue weighted by molar-refractivity contribution is 7.20. The Morgan fingerprint density at radius 3 is 2.61 bits per heavy atom. The van der Waals surface area contributed by atoms with Crippen LogP contribution in [0.25, 0.3) is 15.9 Å². The molecule has 10 heteroatoms. The van der Waals surface area contributed by atoms with E-state index in [9.17, 15) is 9.59 Å². The first-order valence-electron chi connectivity index (χ1n) is 8.99. The molecule has 0 atom stereocenters. The first kappa shape index (κ1) is 21.6. The van der Waals surface area contributed by atoms with Crippen molar-refractivity contribution in [2.45, 2.75) is 6.92 Å². The summed E-state index contributed by atoms with van der Waals surface area (Å²) in [6, 6.07) is 13.8. The second kappa shape index (κ2) is 8.88. The minimum Gasteiger partial charge on any atom is -0.451 e. The van der Waals surface area contributed by atoms with Gasteiger partial charge in [-0.3, -0.25) is 4.79 Å². The lowest BCUT2D eigenvalue weighted by molar-refractivity contribution is -0.119. The third-order valence-electron chi connectivity index (χ3n) is 4.38. The number of carbonyl (C=O) groups is 2. The Morgan fingerprint density at radius 1 is 1.13 bits per heavy atom. The van der Waals surface area contributed by atoms with Crippen molar-refractivity contribution >= 4 is 73.9 Å². The minimum atomic E-state index is -0.601. The van der Waals surface area contributed by atoms with E-state index in [-0.39, 0.29) is 5.02 Å². The second-order valence-electron chi connectivity index (χ2n) is 6.53. The van der Waals surface area contributed by atoms with E-state index >= 15 is 0 Å². The van der Waals surface area contributed by atoms with Gasteiger partial charge in [-0.2, -0.15) is 5.10 Å². The lowest BCUT2D eigenvalue weighted by Crippen LogP contribution is -2.20. The highest BCUT2D eigenvalue weighted by Crippen LogP contribution is 2.31. The van der Waals surface area contributed by atoms with Gasteiger partial charge in [-0.15, -0.1) is 11.3 Å². The van der Waals surface area contributed by atoms with Crippen LogP contribution in [0.4, 0.5) is 5.69 Å². The molecule has 0 fully saturated rings. The van der Waals surface area contributed by atoms with Crippen molar-refractivity contribution in [2.75, 3.05) is 11.9 Å². The maximum Gasteiger partial charge on any atom is 0.348 e. The number of esters is 1. The molecule has 1 amide bonds. The number of halogens is 3. The molecule has 0 spiro atoms. The van der Waals surface area contributed by atoms with Gasteiger partial charge in [0.15, 0.2) is 6.61 Å². The third-order valence-corrected chi connectivity index (χ3v) is 6.54. The fraction of sp³-hybridized carbons (Fsp3) is 0.0952. The molecule has 2 aromatic carbocycles. The number of ether oxygens (including phenoxy) is 1. The van der Waals surface area contributed by atoms with Crippen LogP contribution in [-0.2, 0) is 9.53 Å². The average Bonchev–Trinajstić information content (AvgIpc) is 3.31. The number of carbonyl (C=O) groups excluding carboxylic acids is 2. The molecule has 0 radical (unpaired) electrons. The quantitative estimate of drug-likeness (QED) is 0.338. The molecule has 2 heterocycles. The van der Waals surface area contributed by atoms with E-state index in [4.69, 9.17) is 39.5 Å². The van der Waals surface area contributed by atoms with E-state index < -0.39 is 18.5 Å². The van der Waals surface area contributed by atoms with Gasteiger partial charge in [0.05, 0.1) is 27.1 Å². The zero-order valence-electron chi connectivity index (χ0n) is 16.0. The number of fused-ring (bicyclic) bond motifs is 1. The Hall–Kier alpha value is -2.58. The zero-order chi connectivity index (χ0) is 22.1. The lowest BCUT2D eigenvalue weighted by atomic mass is 10.3. The average molecular weight is 495 g/mol. The van der Waals surface area contributed by atoms with Crippen molar-refractivity contribution in [1.82, 2.24) is 9.78 Å². The maximum absolute atomic E-state index is 12.5. The van der Waals surface area contributed by atoms with Crippen molar-refractivity contribution in [3.63, 3.8) is 0 Å². The Kier molecular flexibility index (Phi) is 6.20. The summed E-state index contributed by atoms with van der Waals surface area (Å²) in [5, 5.41) is 9.09. The second-order valence-corrected chi connectivity index (χ2v) is 8.78. The van der Waals surface area contributed by atoms with Gasteiger partial charge in [-0.1, -0.05) is 40.9 Å². The van der Waals surface area contributed by atoms with Crippen molar-refractivity contribution in [2.24, 2.45) is 0 Å². The predicted octanol–water partition coefficient (Wildman–Crippen LogP) is 6.15. The zero-order valence-corrected chi connectivity index (χ0v) is 19.1. The molecular formula is C21H14Cl3N3O3S. The van der Waals surface area contributed by atoms with E-state index in [1.54, 1.807) is 41.1 Å². The van der Waals surface area contributed by atoms with E-state index in [0.29, 0.717) is 20.6 Å². The molecule has 31 heavy (non-hydrogen) atoms. The van der Waals surface area contributed by atoms with Gasteiger partial charge in [0.2, 0.25) is 0 Å². The first-order chi connectivity index (χ1) is 14.8. The molecule has 0 saturated heterocycles. The molecule has 4 rings (SSSR count). The maximum atomic E-state index is 12.5. The fourth-order valence-electron chi connectivity index (χ4n) is 2.89. The Bertz CT molecular complexity index is 1300. The van der Waals surface area contributed by atoms with E-state index in [1.807, 2.05) is 19.1 Å². The summed E-state index contributed by atoms with van der Waals surface area (Å²) in [4.78, 5) is 25.8. The molecule has 0 aliphatic rings. The molecule has 0 aliphatic carbocycles. The van der Waals surface area contributed by atoms with Crippen molar-refractivity contribution in [3.05, 3.63) is 74.2 Å².